The lowest BCUT2D eigenvalue weighted by Gasteiger charge is -2.40. The molecule has 1 unspecified atom stereocenters. The predicted octanol–water partition coefficient (Wildman–Crippen LogP) is 0.977. The monoisotopic (exact) mass is 347 g/mol. The van der Waals surface area contributed by atoms with Crippen molar-refractivity contribution in [1.82, 2.24) is 13.5 Å². The molecule has 134 valence electrons. The van der Waals surface area contributed by atoms with Crippen LogP contribution in [0.15, 0.2) is 0 Å². The van der Waals surface area contributed by atoms with E-state index in [2.05, 4.69) is 0 Å². The fraction of sp³-hybridized carbons (Fsp3) is 0.933. The second-order valence-corrected chi connectivity index (χ2v) is 8.50. The molecule has 7 nitrogen and oxygen atoms in total. The van der Waals surface area contributed by atoms with Crippen LogP contribution in [-0.4, -0.2) is 78.3 Å². The lowest BCUT2D eigenvalue weighted by molar-refractivity contribution is -0.143. The Morgan fingerprint density at radius 2 is 1.74 bits per heavy atom. The van der Waals surface area contributed by atoms with Gasteiger partial charge in [-0.3, -0.25) is 9.69 Å². The van der Waals surface area contributed by atoms with E-state index in [0.717, 1.165) is 25.7 Å². The first-order valence-electron chi connectivity index (χ1n) is 8.58. The van der Waals surface area contributed by atoms with E-state index in [0.29, 0.717) is 32.6 Å². The van der Waals surface area contributed by atoms with Crippen molar-refractivity contribution in [2.24, 2.45) is 0 Å². The van der Waals surface area contributed by atoms with Gasteiger partial charge in [-0.1, -0.05) is 26.2 Å². The summed E-state index contributed by atoms with van der Waals surface area (Å²) in [6.45, 7) is 3.52. The molecule has 0 bridgehead atoms. The number of hydrogen-bond acceptors (Lipinski definition) is 4. The SMILES string of the molecule is CCC(C(=O)O)N1CCN(S(=O)(=O)N(C)C2CCCCC2)CC1. The van der Waals surface area contributed by atoms with E-state index in [4.69, 9.17) is 0 Å². The molecule has 23 heavy (non-hydrogen) atoms. The van der Waals surface area contributed by atoms with Gasteiger partial charge in [0, 0.05) is 39.3 Å². The van der Waals surface area contributed by atoms with Crippen molar-refractivity contribution in [1.29, 1.82) is 0 Å². The van der Waals surface area contributed by atoms with E-state index < -0.39 is 22.2 Å². The zero-order chi connectivity index (χ0) is 17.0. The number of carboxylic acid groups (broad SMARTS) is 1. The highest BCUT2D eigenvalue weighted by atomic mass is 32.2. The van der Waals surface area contributed by atoms with Gasteiger partial charge in [-0.15, -0.1) is 0 Å². The third-order valence-electron chi connectivity index (χ3n) is 5.16. The molecule has 2 aliphatic rings. The first kappa shape index (κ1) is 18.6. The first-order valence-corrected chi connectivity index (χ1v) is 9.97. The zero-order valence-corrected chi connectivity index (χ0v) is 15.0. The molecule has 1 saturated carbocycles. The standard InChI is InChI=1S/C15H29N3O4S/c1-3-14(15(19)20)17-9-11-18(12-10-17)23(21,22)16(2)13-7-5-4-6-8-13/h13-14H,3-12H2,1-2H3,(H,19,20). The van der Waals surface area contributed by atoms with Gasteiger partial charge >= 0.3 is 5.97 Å². The van der Waals surface area contributed by atoms with E-state index in [1.165, 1.54) is 15.0 Å². The molecule has 2 fully saturated rings. The van der Waals surface area contributed by atoms with Crippen LogP contribution < -0.4 is 0 Å². The summed E-state index contributed by atoms with van der Waals surface area (Å²) in [6.07, 6.45) is 5.78. The molecular weight excluding hydrogens is 318 g/mol. The molecule has 0 spiro atoms. The second kappa shape index (κ2) is 7.92. The molecule has 0 aromatic heterocycles. The summed E-state index contributed by atoms with van der Waals surface area (Å²) in [6, 6.07) is -0.412. The summed E-state index contributed by atoms with van der Waals surface area (Å²) in [4.78, 5) is 13.1. The summed E-state index contributed by atoms with van der Waals surface area (Å²) in [5, 5.41) is 9.23. The Kier molecular flexibility index (Phi) is 6.41. The predicted molar refractivity (Wildman–Crippen MR) is 88.4 cm³/mol. The van der Waals surface area contributed by atoms with E-state index in [9.17, 15) is 18.3 Å². The van der Waals surface area contributed by atoms with Crippen LogP contribution in [0.4, 0.5) is 0 Å². The van der Waals surface area contributed by atoms with Crippen molar-refractivity contribution in [2.75, 3.05) is 33.2 Å². The van der Waals surface area contributed by atoms with Gasteiger partial charge in [0.15, 0.2) is 0 Å². The van der Waals surface area contributed by atoms with Crippen molar-refractivity contribution in [3.63, 3.8) is 0 Å². The Bertz CT molecular complexity index is 497. The minimum Gasteiger partial charge on any atom is -0.480 e. The lowest BCUT2D eigenvalue weighted by atomic mass is 9.96. The van der Waals surface area contributed by atoms with Crippen LogP contribution in [-0.2, 0) is 15.0 Å². The Hall–Kier alpha value is -0.700. The van der Waals surface area contributed by atoms with Crippen LogP contribution in [0.25, 0.3) is 0 Å². The number of carboxylic acids is 1. The smallest absolute Gasteiger partial charge is 0.320 e. The van der Waals surface area contributed by atoms with Crippen LogP contribution in [0.5, 0.6) is 0 Å². The van der Waals surface area contributed by atoms with Crippen LogP contribution in [0.2, 0.25) is 0 Å². The first-order chi connectivity index (χ1) is 10.9. The maximum atomic E-state index is 12.8. The number of rotatable bonds is 6. The van der Waals surface area contributed by atoms with Crippen LogP contribution in [0, 0.1) is 0 Å². The summed E-state index contributed by atoms with van der Waals surface area (Å²) in [7, 11) is -1.76. The Labute approximate surface area is 139 Å². The number of aliphatic carboxylic acids is 1. The maximum Gasteiger partial charge on any atom is 0.320 e. The highest BCUT2D eigenvalue weighted by Gasteiger charge is 2.36. The minimum atomic E-state index is -3.45. The molecule has 8 heteroatoms. The number of carbonyl (C=O) groups is 1. The van der Waals surface area contributed by atoms with Gasteiger partial charge in [0.25, 0.3) is 10.2 Å². The quantitative estimate of drug-likeness (QED) is 0.774. The number of piperazine rings is 1. The largest absolute Gasteiger partial charge is 0.480 e. The van der Waals surface area contributed by atoms with Gasteiger partial charge in [-0.2, -0.15) is 17.0 Å². The lowest BCUT2D eigenvalue weighted by Crippen LogP contribution is -2.57. The Morgan fingerprint density at radius 3 is 2.22 bits per heavy atom. The number of hydrogen-bond donors (Lipinski definition) is 1. The van der Waals surface area contributed by atoms with Crippen molar-refractivity contribution >= 4 is 16.2 Å². The van der Waals surface area contributed by atoms with Crippen molar-refractivity contribution in [2.45, 2.75) is 57.5 Å². The van der Waals surface area contributed by atoms with Crippen LogP contribution in [0.3, 0.4) is 0 Å². The third-order valence-corrected chi connectivity index (χ3v) is 7.21. The van der Waals surface area contributed by atoms with E-state index in [1.54, 1.807) is 7.05 Å². The van der Waals surface area contributed by atoms with Crippen LogP contribution in [0.1, 0.15) is 45.4 Å². The Morgan fingerprint density at radius 1 is 1.17 bits per heavy atom. The summed E-state index contributed by atoms with van der Waals surface area (Å²) in [5.41, 5.74) is 0. The van der Waals surface area contributed by atoms with E-state index in [1.807, 2.05) is 11.8 Å². The average molecular weight is 347 g/mol. The molecule has 1 saturated heterocycles. The van der Waals surface area contributed by atoms with Gasteiger partial charge in [-0.05, 0) is 19.3 Å². The molecule has 0 aromatic carbocycles. The molecule has 1 aliphatic heterocycles. The fourth-order valence-corrected chi connectivity index (χ4v) is 5.23. The van der Waals surface area contributed by atoms with Gasteiger partial charge < -0.3 is 5.11 Å². The number of nitrogens with zero attached hydrogens (tertiary/aromatic N) is 3. The second-order valence-electron chi connectivity index (χ2n) is 6.51. The van der Waals surface area contributed by atoms with Crippen molar-refractivity contribution < 1.29 is 18.3 Å². The third kappa shape index (κ3) is 4.23. The minimum absolute atomic E-state index is 0.106. The molecule has 0 amide bonds. The van der Waals surface area contributed by atoms with Gasteiger partial charge in [0.05, 0.1) is 0 Å². The molecule has 1 heterocycles. The molecule has 1 N–H and O–H groups in total. The van der Waals surface area contributed by atoms with Crippen LogP contribution >= 0.6 is 0 Å². The van der Waals surface area contributed by atoms with E-state index >= 15 is 0 Å². The highest BCUT2D eigenvalue weighted by molar-refractivity contribution is 7.86. The molecule has 0 radical (unpaired) electrons. The maximum absolute atomic E-state index is 12.8. The summed E-state index contributed by atoms with van der Waals surface area (Å²) >= 11 is 0. The molecule has 0 aromatic rings. The molecular formula is C15H29N3O4S. The highest BCUT2D eigenvalue weighted by Crippen LogP contribution is 2.25. The fourth-order valence-electron chi connectivity index (χ4n) is 3.65. The summed E-state index contributed by atoms with van der Waals surface area (Å²) < 4.78 is 28.6. The van der Waals surface area contributed by atoms with Gasteiger partial charge in [0.2, 0.25) is 0 Å². The average Bonchev–Trinajstić information content (AvgIpc) is 2.55. The van der Waals surface area contributed by atoms with Crippen molar-refractivity contribution in [3.8, 4) is 0 Å². The molecule has 1 aliphatic carbocycles. The summed E-state index contributed by atoms with van der Waals surface area (Å²) in [5.74, 6) is -0.830. The molecule has 2 rings (SSSR count). The van der Waals surface area contributed by atoms with E-state index in [-0.39, 0.29) is 6.04 Å². The normalized spacial score (nSPS) is 24.0. The Balaban J connectivity index is 1.96. The van der Waals surface area contributed by atoms with Gasteiger partial charge in [0.1, 0.15) is 6.04 Å². The zero-order valence-electron chi connectivity index (χ0n) is 14.1. The molecule has 1 atom stereocenters. The topological polar surface area (TPSA) is 81.2 Å². The van der Waals surface area contributed by atoms with Crippen molar-refractivity contribution in [3.05, 3.63) is 0 Å². The van der Waals surface area contributed by atoms with Gasteiger partial charge in [-0.25, -0.2) is 0 Å².